The van der Waals surface area contributed by atoms with E-state index in [9.17, 15) is 9.59 Å². The van der Waals surface area contributed by atoms with Crippen molar-refractivity contribution < 1.29 is 19.1 Å². The van der Waals surface area contributed by atoms with Crippen LogP contribution in [0, 0.1) is 0 Å². The number of ether oxygens (including phenoxy) is 2. The van der Waals surface area contributed by atoms with Gasteiger partial charge < -0.3 is 9.47 Å². The smallest absolute Gasteiger partial charge is 0.302 e. The second-order valence-electron chi connectivity index (χ2n) is 5.17. The zero-order valence-corrected chi connectivity index (χ0v) is 13.2. The van der Waals surface area contributed by atoms with E-state index >= 15 is 0 Å². The Morgan fingerprint density at radius 3 is 2.43 bits per heavy atom. The fourth-order valence-electron chi connectivity index (χ4n) is 2.18. The molecular weight excluding hydrogens is 292 g/mol. The molecule has 0 fully saturated rings. The van der Waals surface area contributed by atoms with Gasteiger partial charge in [0.2, 0.25) is 0 Å². The van der Waals surface area contributed by atoms with Gasteiger partial charge in [0.05, 0.1) is 13.2 Å². The van der Waals surface area contributed by atoms with Crippen LogP contribution in [0.25, 0.3) is 11.1 Å². The third-order valence-electron chi connectivity index (χ3n) is 3.28. The highest BCUT2D eigenvalue weighted by atomic mass is 16.5. The molecule has 0 aliphatic rings. The Balaban J connectivity index is 1.96. The van der Waals surface area contributed by atoms with Crippen LogP contribution in [0.5, 0.6) is 5.75 Å². The molecule has 2 rings (SSSR count). The fourth-order valence-corrected chi connectivity index (χ4v) is 2.18. The van der Waals surface area contributed by atoms with Gasteiger partial charge in [-0.25, -0.2) is 0 Å². The Hall–Kier alpha value is -2.62. The molecule has 0 heterocycles. The first-order chi connectivity index (χ1) is 11.2. The Labute approximate surface area is 136 Å². The summed E-state index contributed by atoms with van der Waals surface area (Å²) in [6.07, 6.45) is 2.35. The number of aldehydes is 1. The lowest BCUT2D eigenvalue weighted by Gasteiger charge is -2.10. The van der Waals surface area contributed by atoms with Crippen molar-refractivity contribution >= 4 is 12.3 Å². The van der Waals surface area contributed by atoms with Gasteiger partial charge in [-0.05, 0) is 42.2 Å². The van der Waals surface area contributed by atoms with Gasteiger partial charge in [0, 0.05) is 12.5 Å². The lowest BCUT2D eigenvalue weighted by Crippen LogP contribution is -2.04. The summed E-state index contributed by atoms with van der Waals surface area (Å²) >= 11 is 0. The molecule has 2 aromatic rings. The van der Waals surface area contributed by atoms with Crippen molar-refractivity contribution in [3.8, 4) is 16.9 Å². The monoisotopic (exact) mass is 312 g/mol. The van der Waals surface area contributed by atoms with Crippen molar-refractivity contribution in [2.75, 3.05) is 13.2 Å². The van der Waals surface area contributed by atoms with Crippen LogP contribution in [0.15, 0.2) is 48.5 Å². The SMILES string of the molecule is CC(=O)OCCCCOc1cc(C=O)cc(-c2ccccc2)c1. The molecule has 0 N–H and O–H groups in total. The van der Waals surface area contributed by atoms with E-state index in [1.807, 2.05) is 42.5 Å². The predicted octanol–water partition coefficient (Wildman–Crippen LogP) is 3.89. The highest BCUT2D eigenvalue weighted by molar-refractivity contribution is 5.80. The minimum absolute atomic E-state index is 0.267. The third kappa shape index (κ3) is 5.58. The largest absolute Gasteiger partial charge is 0.494 e. The standard InChI is InChI=1S/C19H20O4/c1-15(21)22-9-5-6-10-23-19-12-16(14-20)11-18(13-19)17-7-3-2-4-8-17/h2-4,7-8,11-14H,5-6,9-10H2,1H3. The Bertz CT molecular complexity index is 650. The molecule has 0 atom stereocenters. The number of carbonyl (C=O) groups is 2. The predicted molar refractivity (Wildman–Crippen MR) is 88.6 cm³/mol. The van der Waals surface area contributed by atoms with Crippen LogP contribution < -0.4 is 4.74 Å². The zero-order chi connectivity index (χ0) is 16.5. The van der Waals surface area contributed by atoms with Gasteiger partial charge in [-0.15, -0.1) is 0 Å². The molecule has 4 nitrogen and oxygen atoms in total. The van der Waals surface area contributed by atoms with Crippen LogP contribution in [-0.2, 0) is 9.53 Å². The van der Waals surface area contributed by atoms with Gasteiger partial charge in [-0.3, -0.25) is 9.59 Å². The molecule has 120 valence electrons. The van der Waals surface area contributed by atoms with Gasteiger partial charge in [-0.2, -0.15) is 0 Å². The lowest BCUT2D eigenvalue weighted by molar-refractivity contribution is -0.141. The van der Waals surface area contributed by atoms with Crippen LogP contribution in [-0.4, -0.2) is 25.5 Å². The zero-order valence-electron chi connectivity index (χ0n) is 13.2. The number of esters is 1. The minimum Gasteiger partial charge on any atom is -0.494 e. The van der Waals surface area contributed by atoms with Crippen molar-refractivity contribution in [1.82, 2.24) is 0 Å². The summed E-state index contributed by atoms with van der Waals surface area (Å²) in [6, 6.07) is 15.3. The third-order valence-corrected chi connectivity index (χ3v) is 3.28. The quantitative estimate of drug-likeness (QED) is 0.421. The van der Waals surface area contributed by atoms with Gasteiger partial charge >= 0.3 is 5.97 Å². The van der Waals surface area contributed by atoms with Crippen molar-refractivity contribution in [3.05, 3.63) is 54.1 Å². The molecule has 0 aliphatic heterocycles. The van der Waals surface area contributed by atoms with Crippen LogP contribution >= 0.6 is 0 Å². The molecule has 0 bridgehead atoms. The van der Waals surface area contributed by atoms with Gasteiger partial charge in [-0.1, -0.05) is 30.3 Å². The van der Waals surface area contributed by atoms with Crippen molar-refractivity contribution in [3.63, 3.8) is 0 Å². The molecule has 0 saturated carbocycles. The molecule has 0 saturated heterocycles. The van der Waals surface area contributed by atoms with Gasteiger partial charge in [0.25, 0.3) is 0 Å². The minimum atomic E-state index is -0.267. The van der Waals surface area contributed by atoms with Crippen LogP contribution in [0.2, 0.25) is 0 Å². The summed E-state index contributed by atoms with van der Waals surface area (Å²) in [6.45, 7) is 2.31. The molecule has 4 heteroatoms. The van der Waals surface area contributed by atoms with E-state index in [1.165, 1.54) is 6.92 Å². The number of unbranched alkanes of at least 4 members (excludes halogenated alkanes) is 1. The molecule has 0 aliphatic carbocycles. The maximum atomic E-state index is 11.1. The summed E-state index contributed by atoms with van der Waals surface area (Å²) in [7, 11) is 0. The van der Waals surface area contributed by atoms with E-state index in [4.69, 9.17) is 9.47 Å². The first-order valence-electron chi connectivity index (χ1n) is 7.61. The average molecular weight is 312 g/mol. The van der Waals surface area contributed by atoms with Crippen LogP contribution in [0.4, 0.5) is 0 Å². The second-order valence-corrected chi connectivity index (χ2v) is 5.17. The van der Waals surface area contributed by atoms with Gasteiger partial charge in [0.1, 0.15) is 12.0 Å². The van der Waals surface area contributed by atoms with Crippen molar-refractivity contribution in [2.24, 2.45) is 0 Å². The fraction of sp³-hybridized carbons (Fsp3) is 0.263. The van der Waals surface area contributed by atoms with E-state index in [-0.39, 0.29) is 5.97 Å². The molecule has 2 aromatic carbocycles. The van der Waals surface area contributed by atoms with Crippen molar-refractivity contribution in [2.45, 2.75) is 19.8 Å². The Morgan fingerprint density at radius 1 is 1.00 bits per heavy atom. The maximum Gasteiger partial charge on any atom is 0.302 e. The molecular formula is C19H20O4. The van der Waals surface area contributed by atoms with Crippen molar-refractivity contribution in [1.29, 1.82) is 0 Å². The van der Waals surface area contributed by atoms with Crippen LogP contribution in [0.1, 0.15) is 30.1 Å². The van der Waals surface area contributed by atoms with Crippen LogP contribution in [0.3, 0.4) is 0 Å². The Morgan fingerprint density at radius 2 is 1.74 bits per heavy atom. The molecule has 0 radical (unpaired) electrons. The molecule has 0 spiro atoms. The van der Waals surface area contributed by atoms with E-state index in [0.717, 1.165) is 30.3 Å². The number of hydrogen-bond acceptors (Lipinski definition) is 4. The molecule has 0 amide bonds. The Kier molecular flexibility index (Phi) is 6.36. The summed E-state index contributed by atoms with van der Waals surface area (Å²) in [4.78, 5) is 21.8. The maximum absolute atomic E-state index is 11.1. The number of benzene rings is 2. The second kappa shape index (κ2) is 8.73. The van der Waals surface area contributed by atoms with E-state index < -0.39 is 0 Å². The first-order valence-corrected chi connectivity index (χ1v) is 7.61. The summed E-state index contributed by atoms with van der Waals surface area (Å²) in [5.41, 5.74) is 2.57. The number of hydrogen-bond donors (Lipinski definition) is 0. The number of carbonyl (C=O) groups excluding carboxylic acids is 2. The molecule has 0 aromatic heterocycles. The number of rotatable bonds is 8. The average Bonchev–Trinajstić information content (AvgIpc) is 2.58. The lowest BCUT2D eigenvalue weighted by atomic mass is 10.0. The summed E-state index contributed by atoms with van der Waals surface area (Å²) in [5, 5.41) is 0. The molecule has 23 heavy (non-hydrogen) atoms. The van der Waals surface area contributed by atoms with E-state index in [0.29, 0.717) is 24.5 Å². The highest BCUT2D eigenvalue weighted by Crippen LogP contribution is 2.25. The normalized spacial score (nSPS) is 10.1. The van der Waals surface area contributed by atoms with E-state index in [1.54, 1.807) is 6.07 Å². The molecule has 0 unspecified atom stereocenters. The van der Waals surface area contributed by atoms with E-state index in [2.05, 4.69) is 0 Å². The van der Waals surface area contributed by atoms with Gasteiger partial charge in [0.15, 0.2) is 0 Å². The summed E-state index contributed by atoms with van der Waals surface area (Å²) < 4.78 is 10.6. The summed E-state index contributed by atoms with van der Waals surface area (Å²) in [5.74, 6) is 0.401. The first kappa shape index (κ1) is 16.7. The topological polar surface area (TPSA) is 52.6 Å². The highest BCUT2D eigenvalue weighted by Gasteiger charge is 2.04.